The molecule has 1 rings (SSSR count). The highest BCUT2D eigenvalue weighted by Gasteiger charge is 1.94. The van der Waals surface area contributed by atoms with Crippen LogP contribution in [0.3, 0.4) is 0 Å². The first-order chi connectivity index (χ1) is 9.93. The van der Waals surface area contributed by atoms with E-state index in [0.29, 0.717) is 8.46 Å². The van der Waals surface area contributed by atoms with E-state index >= 15 is 0 Å². The van der Waals surface area contributed by atoms with Crippen LogP contribution in [-0.2, 0) is 11.0 Å². The second kappa shape index (κ2) is 13.3. The Hall–Kier alpha value is -0.680. The summed E-state index contributed by atoms with van der Waals surface area (Å²) in [6.45, 7) is 0. The van der Waals surface area contributed by atoms with E-state index in [9.17, 15) is 4.57 Å². The molecule has 0 saturated carbocycles. The Morgan fingerprint density at radius 2 is 1.15 bits per heavy atom. The van der Waals surface area contributed by atoms with Crippen molar-refractivity contribution < 1.29 is 4.57 Å². The summed E-state index contributed by atoms with van der Waals surface area (Å²) >= 11 is 0. The van der Waals surface area contributed by atoms with Crippen LogP contribution in [0.4, 0.5) is 0 Å². The van der Waals surface area contributed by atoms with Crippen LogP contribution in [0.25, 0.3) is 0 Å². The van der Waals surface area contributed by atoms with E-state index in [1.807, 2.05) is 0 Å². The fourth-order valence-corrected chi connectivity index (χ4v) is 2.92. The van der Waals surface area contributed by atoms with Gasteiger partial charge in [0.25, 0.3) is 0 Å². The zero-order chi connectivity index (χ0) is 14.3. The summed E-state index contributed by atoms with van der Waals surface area (Å²) in [6, 6.07) is 10.8. The topological polar surface area (TPSA) is 17.1 Å². The van der Waals surface area contributed by atoms with E-state index in [1.54, 1.807) is 0 Å². The van der Waals surface area contributed by atoms with Gasteiger partial charge in [0.1, 0.15) is 0 Å². The molecule has 1 aromatic rings. The van der Waals surface area contributed by atoms with Crippen LogP contribution in [0.2, 0.25) is 0 Å². The minimum absolute atomic E-state index is 0.319. The molecule has 0 aliphatic rings. The van der Waals surface area contributed by atoms with Crippen molar-refractivity contribution in [2.75, 3.05) is 6.16 Å². The zero-order valence-corrected chi connectivity index (χ0v) is 13.6. The summed E-state index contributed by atoms with van der Waals surface area (Å²) in [4.78, 5) is 0. The van der Waals surface area contributed by atoms with Crippen molar-refractivity contribution in [1.82, 2.24) is 0 Å². The maximum absolute atomic E-state index is 10.3. The van der Waals surface area contributed by atoms with Crippen molar-refractivity contribution in [3.05, 3.63) is 35.9 Å². The number of aryl methyl sites for hydroxylation is 1. The lowest BCUT2D eigenvalue weighted by Crippen LogP contribution is -1.86. The molecule has 112 valence electrons. The highest BCUT2D eigenvalue weighted by molar-refractivity contribution is 7.23. The highest BCUT2D eigenvalue weighted by Crippen LogP contribution is 2.13. The summed E-state index contributed by atoms with van der Waals surface area (Å²) < 4.78 is 10.3. The van der Waals surface area contributed by atoms with Crippen LogP contribution < -0.4 is 0 Å². The number of unbranched alkanes of at least 4 members (excludes halogenated alkanes) is 9. The van der Waals surface area contributed by atoms with Crippen molar-refractivity contribution in [1.29, 1.82) is 0 Å². The molecule has 0 heterocycles. The van der Waals surface area contributed by atoms with Gasteiger partial charge in [0.15, 0.2) is 8.46 Å². The summed E-state index contributed by atoms with van der Waals surface area (Å²) in [6.07, 6.45) is 15.4. The molecule has 1 nitrogen and oxygen atoms in total. The molecule has 0 spiro atoms. The van der Waals surface area contributed by atoms with E-state index in [1.165, 1.54) is 69.8 Å². The van der Waals surface area contributed by atoms with Crippen molar-refractivity contribution in [3.8, 4) is 0 Å². The minimum Gasteiger partial charge on any atom is -0.275 e. The molecule has 0 radical (unpaired) electrons. The molecule has 0 unspecified atom stereocenters. The van der Waals surface area contributed by atoms with Crippen LogP contribution >= 0.6 is 8.46 Å². The second-order valence-electron chi connectivity index (χ2n) is 5.62. The predicted octanol–water partition coefficient (Wildman–Crippen LogP) is 6.42. The zero-order valence-electron chi connectivity index (χ0n) is 12.7. The predicted molar refractivity (Wildman–Crippen MR) is 88.8 cm³/mol. The fraction of sp³-hybridized carbons (Fsp3) is 0.667. The van der Waals surface area contributed by atoms with Crippen LogP contribution in [0, 0.1) is 0 Å². The number of benzene rings is 1. The highest BCUT2D eigenvalue weighted by atomic mass is 31.1. The van der Waals surface area contributed by atoms with E-state index in [-0.39, 0.29) is 0 Å². The van der Waals surface area contributed by atoms with E-state index in [2.05, 4.69) is 30.3 Å². The molecule has 1 aromatic carbocycles. The first kappa shape index (κ1) is 17.4. The van der Waals surface area contributed by atoms with Gasteiger partial charge in [0.05, 0.1) is 0 Å². The molecule has 0 aromatic heterocycles. The standard InChI is InChI=1S/C18H29OP/c19-20-17-13-8-6-4-2-1-3-5-7-10-14-18-15-11-9-12-16-18/h9,11-12,15-16H,1-8,10,13-14,17H2. The molecule has 0 bridgehead atoms. The Morgan fingerprint density at radius 3 is 1.70 bits per heavy atom. The Bertz CT molecular complexity index is 323. The van der Waals surface area contributed by atoms with Gasteiger partial charge in [-0.3, -0.25) is 4.57 Å². The fourth-order valence-electron chi connectivity index (χ4n) is 2.56. The molecule has 0 atom stereocenters. The summed E-state index contributed by atoms with van der Waals surface area (Å²) in [7, 11) is 0.319. The van der Waals surface area contributed by atoms with Gasteiger partial charge in [-0.25, -0.2) is 0 Å². The minimum atomic E-state index is 0.319. The maximum atomic E-state index is 10.3. The van der Waals surface area contributed by atoms with Gasteiger partial charge in [0.2, 0.25) is 0 Å². The Balaban J connectivity index is 1.78. The van der Waals surface area contributed by atoms with Gasteiger partial charge >= 0.3 is 0 Å². The monoisotopic (exact) mass is 292 g/mol. The molecule has 0 saturated heterocycles. The van der Waals surface area contributed by atoms with Crippen LogP contribution in [0.5, 0.6) is 0 Å². The summed E-state index contributed by atoms with van der Waals surface area (Å²) in [5, 5.41) is 0. The van der Waals surface area contributed by atoms with Crippen molar-refractivity contribution in [3.63, 3.8) is 0 Å². The summed E-state index contributed by atoms with van der Waals surface area (Å²) in [5.74, 6) is 0. The third-order valence-electron chi connectivity index (χ3n) is 3.81. The van der Waals surface area contributed by atoms with E-state index in [4.69, 9.17) is 0 Å². The number of rotatable bonds is 13. The van der Waals surface area contributed by atoms with Gasteiger partial charge in [-0.15, -0.1) is 0 Å². The first-order valence-electron chi connectivity index (χ1n) is 8.26. The third kappa shape index (κ3) is 10.1. The number of hydrogen-bond acceptors (Lipinski definition) is 1. The van der Waals surface area contributed by atoms with Crippen LogP contribution in [-0.4, -0.2) is 6.16 Å². The van der Waals surface area contributed by atoms with Gasteiger partial charge in [-0.2, -0.15) is 0 Å². The molecule has 0 aliphatic heterocycles. The molecule has 20 heavy (non-hydrogen) atoms. The quantitative estimate of drug-likeness (QED) is 0.303. The van der Waals surface area contributed by atoms with Gasteiger partial charge in [0, 0.05) is 6.16 Å². The molecule has 2 heteroatoms. The Labute approximate surface area is 126 Å². The van der Waals surface area contributed by atoms with E-state index in [0.717, 1.165) is 12.6 Å². The average Bonchev–Trinajstić information content (AvgIpc) is 2.49. The second-order valence-corrected chi connectivity index (χ2v) is 6.33. The lowest BCUT2D eigenvalue weighted by Gasteiger charge is -2.03. The molecule has 0 fully saturated rings. The average molecular weight is 292 g/mol. The van der Waals surface area contributed by atoms with Gasteiger partial charge in [-0.05, 0) is 24.8 Å². The first-order valence-corrected chi connectivity index (χ1v) is 9.26. The number of hydrogen-bond donors (Lipinski definition) is 0. The van der Waals surface area contributed by atoms with E-state index < -0.39 is 0 Å². The van der Waals surface area contributed by atoms with Crippen LogP contribution in [0.1, 0.15) is 69.8 Å². The molecular formula is C18H29OP. The largest absolute Gasteiger partial charge is 0.275 e. The van der Waals surface area contributed by atoms with Crippen molar-refractivity contribution in [2.45, 2.75) is 70.6 Å². The SMILES string of the molecule is O=PCCCCCCCCCCCCc1ccccc1. The Kier molecular flexibility index (Phi) is 11.6. The van der Waals surface area contributed by atoms with Crippen LogP contribution in [0.15, 0.2) is 30.3 Å². The van der Waals surface area contributed by atoms with Crippen molar-refractivity contribution >= 4 is 8.46 Å². The molecule has 0 N–H and O–H groups in total. The van der Waals surface area contributed by atoms with Crippen molar-refractivity contribution in [2.24, 2.45) is 0 Å². The lowest BCUT2D eigenvalue weighted by atomic mass is 10.0. The Morgan fingerprint density at radius 1 is 0.650 bits per heavy atom. The molecule has 0 amide bonds. The maximum Gasteiger partial charge on any atom is 0.155 e. The van der Waals surface area contributed by atoms with Gasteiger partial charge in [-0.1, -0.05) is 81.7 Å². The molecule has 0 aliphatic carbocycles. The smallest absolute Gasteiger partial charge is 0.155 e. The van der Waals surface area contributed by atoms with Gasteiger partial charge < -0.3 is 0 Å². The summed E-state index contributed by atoms with van der Waals surface area (Å²) in [5.41, 5.74) is 1.48. The molecular weight excluding hydrogens is 263 g/mol. The lowest BCUT2D eigenvalue weighted by molar-refractivity contribution is 0.555. The normalized spacial score (nSPS) is 11.0. The third-order valence-corrected chi connectivity index (χ3v) is 4.31.